The van der Waals surface area contributed by atoms with Crippen molar-refractivity contribution in [3.05, 3.63) is 47.8 Å². The van der Waals surface area contributed by atoms with Gasteiger partial charge in [-0.3, -0.25) is 14.6 Å². The molecule has 0 bridgehead atoms. The molecule has 0 N–H and O–H groups in total. The summed E-state index contributed by atoms with van der Waals surface area (Å²) in [4.78, 5) is 36.6. The van der Waals surface area contributed by atoms with E-state index in [0.29, 0.717) is 30.3 Å². The Kier molecular flexibility index (Phi) is 5.35. The molecule has 2 aromatic heterocycles. The summed E-state index contributed by atoms with van der Waals surface area (Å²) in [5, 5.41) is 0. The van der Waals surface area contributed by atoms with Gasteiger partial charge < -0.3 is 14.4 Å². The first-order chi connectivity index (χ1) is 12.5. The summed E-state index contributed by atoms with van der Waals surface area (Å²) >= 11 is 0. The number of amides is 2. The number of rotatable bonds is 4. The molecule has 0 atom stereocenters. The fourth-order valence-electron chi connectivity index (χ4n) is 3.32. The van der Waals surface area contributed by atoms with Crippen LogP contribution in [0, 0.1) is 0 Å². The van der Waals surface area contributed by atoms with Crippen molar-refractivity contribution in [3.63, 3.8) is 0 Å². The monoisotopic (exact) mass is 355 g/mol. The summed E-state index contributed by atoms with van der Waals surface area (Å²) in [6, 6.07) is 3.77. The molecule has 0 spiro atoms. The van der Waals surface area contributed by atoms with Gasteiger partial charge >= 0.3 is 0 Å². The topological polar surface area (TPSA) is 71.3 Å². The fraction of sp³-hybridized carbons (Fsp3) is 0.474. The number of carbonyl (C=O) groups excluding carboxylic acids is 2. The van der Waals surface area contributed by atoms with E-state index in [1.165, 1.54) is 0 Å². The van der Waals surface area contributed by atoms with Crippen LogP contribution >= 0.6 is 0 Å². The minimum Gasteiger partial charge on any atom is -0.345 e. The van der Waals surface area contributed by atoms with E-state index in [1.807, 2.05) is 28.5 Å². The highest BCUT2D eigenvalue weighted by atomic mass is 16.2. The van der Waals surface area contributed by atoms with Gasteiger partial charge in [-0.15, -0.1) is 0 Å². The second kappa shape index (κ2) is 7.68. The van der Waals surface area contributed by atoms with E-state index in [4.69, 9.17) is 0 Å². The molecule has 2 aromatic rings. The SMILES string of the molecule is CCn1cncc1C(=O)N1CCC(c2ccc(C(=O)N(C)C)cn2)CC1. The Balaban J connectivity index is 1.62. The lowest BCUT2D eigenvalue weighted by atomic mass is 9.92. The molecule has 1 aliphatic heterocycles. The van der Waals surface area contributed by atoms with Crippen LogP contribution in [0.25, 0.3) is 0 Å². The van der Waals surface area contributed by atoms with Gasteiger partial charge in [0.15, 0.2) is 0 Å². The zero-order valence-corrected chi connectivity index (χ0v) is 15.6. The number of likely N-dealkylation sites (tertiary alicyclic amines) is 1. The minimum atomic E-state index is -0.0444. The van der Waals surface area contributed by atoms with Crippen LogP contribution in [0.5, 0.6) is 0 Å². The lowest BCUT2D eigenvalue weighted by Gasteiger charge is -2.31. The highest BCUT2D eigenvalue weighted by molar-refractivity contribution is 5.93. The molecule has 7 nitrogen and oxygen atoms in total. The molecule has 0 unspecified atom stereocenters. The third-order valence-corrected chi connectivity index (χ3v) is 4.91. The molecular formula is C19H25N5O2. The molecule has 1 fully saturated rings. The molecule has 2 amide bonds. The molecule has 138 valence electrons. The first kappa shape index (κ1) is 18.1. The van der Waals surface area contributed by atoms with Crippen LogP contribution < -0.4 is 0 Å². The fourth-order valence-corrected chi connectivity index (χ4v) is 3.32. The Bertz CT molecular complexity index is 773. The van der Waals surface area contributed by atoms with Gasteiger partial charge in [0.25, 0.3) is 11.8 Å². The van der Waals surface area contributed by atoms with E-state index in [9.17, 15) is 9.59 Å². The maximum absolute atomic E-state index is 12.7. The van der Waals surface area contributed by atoms with Crippen molar-refractivity contribution in [1.82, 2.24) is 24.3 Å². The van der Waals surface area contributed by atoms with Gasteiger partial charge in [-0.25, -0.2) is 4.98 Å². The largest absolute Gasteiger partial charge is 0.345 e. The first-order valence-electron chi connectivity index (χ1n) is 8.98. The highest BCUT2D eigenvalue weighted by Crippen LogP contribution is 2.27. The summed E-state index contributed by atoms with van der Waals surface area (Å²) in [6.45, 7) is 4.15. The highest BCUT2D eigenvalue weighted by Gasteiger charge is 2.26. The van der Waals surface area contributed by atoms with Crippen molar-refractivity contribution in [2.24, 2.45) is 0 Å². The molecule has 0 aromatic carbocycles. The van der Waals surface area contributed by atoms with Gasteiger partial charge in [-0.2, -0.15) is 0 Å². The molecule has 0 saturated carbocycles. The molecule has 1 saturated heterocycles. The number of aromatic nitrogens is 3. The number of hydrogen-bond donors (Lipinski definition) is 0. The summed E-state index contributed by atoms with van der Waals surface area (Å²) in [7, 11) is 3.46. The molecule has 0 radical (unpaired) electrons. The van der Waals surface area contributed by atoms with Crippen LogP contribution in [-0.2, 0) is 6.54 Å². The second-order valence-electron chi connectivity index (χ2n) is 6.80. The predicted molar refractivity (Wildman–Crippen MR) is 98.0 cm³/mol. The van der Waals surface area contributed by atoms with Crippen molar-refractivity contribution in [1.29, 1.82) is 0 Å². The molecule has 1 aliphatic rings. The number of hydrogen-bond acceptors (Lipinski definition) is 4. The number of imidazole rings is 1. The predicted octanol–water partition coefficient (Wildman–Crippen LogP) is 2.02. The van der Waals surface area contributed by atoms with E-state index in [0.717, 1.165) is 25.1 Å². The van der Waals surface area contributed by atoms with Gasteiger partial charge in [0, 0.05) is 51.5 Å². The van der Waals surface area contributed by atoms with E-state index in [1.54, 1.807) is 37.7 Å². The van der Waals surface area contributed by atoms with Crippen molar-refractivity contribution in [3.8, 4) is 0 Å². The van der Waals surface area contributed by atoms with Crippen molar-refractivity contribution < 1.29 is 9.59 Å². The second-order valence-corrected chi connectivity index (χ2v) is 6.80. The Morgan fingerprint density at radius 3 is 2.50 bits per heavy atom. The number of aryl methyl sites for hydroxylation is 1. The molecule has 3 rings (SSSR count). The summed E-state index contributed by atoms with van der Waals surface area (Å²) in [5.74, 6) is 0.318. The van der Waals surface area contributed by atoms with Crippen LogP contribution in [0.2, 0.25) is 0 Å². The van der Waals surface area contributed by atoms with E-state index in [-0.39, 0.29) is 11.8 Å². The summed E-state index contributed by atoms with van der Waals surface area (Å²) < 4.78 is 1.87. The minimum absolute atomic E-state index is 0.0442. The van der Waals surface area contributed by atoms with E-state index in [2.05, 4.69) is 9.97 Å². The normalized spacial score (nSPS) is 15.1. The summed E-state index contributed by atoms with van der Waals surface area (Å²) in [6.07, 6.45) is 6.73. The van der Waals surface area contributed by atoms with Gasteiger partial charge in [-0.1, -0.05) is 0 Å². The van der Waals surface area contributed by atoms with Gasteiger partial charge in [-0.05, 0) is 31.9 Å². The van der Waals surface area contributed by atoms with E-state index >= 15 is 0 Å². The van der Waals surface area contributed by atoms with Crippen molar-refractivity contribution >= 4 is 11.8 Å². The van der Waals surface area contributed by atoms with Crippen molar-refractivity contribution in [2.45, 2.75) is 32.2 Å². The lowest BCUT2D eigenvalue weighted by molar-refractivity contribution is 0.0700. The Labute approximate surface area is 153 Å². The molecule has 3 heterocycles. The van der Waals surface area contributed by atoms with E-state index < -0.39 is 0 Å². The van der Waals surface area contributed by atoms with Crippen LogP contribution in [0.4, 0.5) is 0 Å². The average molecular weight is 355 g/mol. The Morgan fingerprint density at radius 2 is 1.92 bits per heavy atom. The zero-order valence-electron chi connectivity index (χ0n) is 15.6. The number of carbonyl (C=O) groups is 2. The zero-order chi connectivity index (χ0) is 18.7. The van der Waals surface area contributed by atoms with Crippen molar-refractivity contribution in [2.75, 3.05) is 27.2 Å². The number of piperidine rings is 1. The first-order valence-corrected chi connectivity index (χ1v) is 8.98. The average Bonchev–Trinajstić information content (AvgIpc) is 3.16. The van der Waals surface area contributed by atoms with Crippen LogP contribution in [0.15, 0.2) is 30.9 Å². The molecular weight excluding hydrogens is 330 g/mol. The quantitative estimate of drug-likeness (QED) is 0.841. The molecule has 26 heavy (non-hydrogen) atoms. The number of nitrogens with zero attached hydrogens (tertiary/aromatic N) is 5. The Morgan fingerprint density at radius 1 is 1.19 bits per heavy atom. The third kappa shape index (κ3) is 3.61. The van der Waals surface area contributed by atoms with Crippen LogP contribution in [0.1, 0.15) is 52.2 Å². The smallest absolute Gasteiger partial charge is 0.272 e. The molecule has 0 aliphatic carbocycles. The standard InChI is InChI=1S/C19H25N5O2/c1-4-23-13-20-12-17(23)19(26)24-9-7-14(8-10-24)16-6-5-15(11-21-16)18(25)22(2)3/h5-6,11-14H,4,7-10H2,1-3H3. The van der Waals surface area contributed by atoms with Gasteiger partial charge in [0.2, 0.25) is 0 Å². The van der Waals surface area contributed by atoms with Crippen LogP contribution in [0.3, 0.4) is 0 Å². The maximum Gasteiger partial charge on any atom is 0.272 e. The maximum atomic E-state index is 12.7. The van der Waals surface area contributed by atoms with Gasteiger partial charge in [0.1, 0.15) is 5.69 Å². The van der Waals surface area contributed by atoms with Crippen LogP contribution in [-0.4, -0.2) is 63.3 Å². The lowest BCUT2D eigenvalue weighted by Crippen LogP contribution is -2.38. The molecule has 7 heteroatoms. The number of pyridine rings is 1. The van der Waals surface area contributed by atoms with Gasteiger partial charge in [0.05, 0.1) is 18.1 Å². The third-order valence-electron chi connectivity index (χ3n) is 4.91. The summed E-state index contributed by atoms with van der Waals surface area (Å²) in [5.41, 5.74) is 2.24. The Hall–Kier alpha value is -2.70.